The van der Waals surface area contributed by atoms with E-state index in [1.54, 1.807) is 19.2 Å². The van der Waals surface area contributed by atoms with Gasteiger partial charge in [0.25, 0.3) is 0 Å². The fourth-order valence-corrected chi connectivity index (χ4v) is 9.00. The van der Waals surface area contributed by atoms with Gasteiger partial charge in [0, 0.05) is 13.5 Å². The summed E-state index contributed by atoms with van der Waals surface area (Å²) < 4.78 is 23.3. The molecule has 1 aromatic rings. The molecule has 3 rings (SSSR count). The Morgan fingerprint density at radius 2 is 1.76 bits per heavy atom. The van der Waals surface area contributed by atoms with Gasteiger partial charge in [0.05, 0.1) is 41.5 Å². The summed E-state index contributed by atoms with van der Waals surface area (Å²) in [5.74, 6) is 2.24. The monoisotopic (exact) mass is 552 g/mol. The van der Waals surface area contributed by atoms with Crippen LogP contribution in [0.3, 0.4) is 0 Å². The zero-order chi connectivity index (χ0) is 26.7. The van der Waals surface area contributed by atoms with Crippen molar-refractivity contribution in [2.75, 3.05) is 25.7 Å². The number of hydrogen-bond acceptors (Lipinski definition) is 8. The molecule has 6 nitrogen and oxygen atoms in total. The molecule has 2 saturated heterocycles. The number of rotatable bonds is 13. The van der Waals surface area contributed by atoms with Gasteiger partial charge in [-0.15, -0.1) is 23.5 Å². The van der Waals surface area contributed by atoms with Crippen LogP contribution in [0.2, 0.25) is 0 Å². The van der Waals surface area contributed by atoms with Crippen LogP contribution in [0, 0.1) is 5.92 Å². The molecule has 5 atom stereocenters. The molecule has 2 fully saturated rings. The van der Waals surface area contributed by atoms with Crippen LogP contribution in [0.4, 0.5) is 0 Å². The molecule has 0 aromatic heterocycles. The van der Waals surface area contributed by atoms with E-state index in [0.717, 1.165) is 38.5 Å². The minimum absolute atomic E-state index is 0.00280. The van der Waals surface area contributed by atoms with E-state index in [9.17, 15) is 9.59 Å². The molecule has 8 heteroatoms. The summed E-state index contributed by atoms with van der Waals surface area (Å²) in [5.41, 5.74) is 0.578. The van der Waals surface area contributed by atoms with Crippen LogP contribution in [0.15, 0.2) is 30.3 Å². The second kappa shape index (κ2) is 15.4. The smallest absolute Gasteiger partial charge is 0.338 e. The molecule has 1 aromatic carbocycles. The summed E-state index contributed by atoms with van der Waals surface area (Å²) in [4.78, 5) is 24.7. The molecule has 0 N–H and O–H groups in total. The lowest BCUT2D eigenvalue weighted by Gasteiger charge is -2.46. The number of carbonyl (C=O) groups excluding carboxylic acids is 2. The standard InChI is InChI=1S/C29H44O6S2/c1-5-10-23(35-28(31)22-11-7-6-8-12-22)17-24(32-3)15-21(2)16-25-19-29(36-13-9-14-37-29)20-26(34-25)18-27(30)33-4/h6-8,11-12,21,23-26H,5,9-10,13-20H2,1-4H3/t21-,23-,24-,25+,26-/m0/s1. The third kappa shape index (κ3) is 9.79. The van der Waals surface area contributed by atoms with E-state index in [0.29, 0.717) is 24.3 Å². The lowest BCUT2D eigenvalue weighted by molar-refractivity contribution is -0.147. The first-order chi connectivity index (χ1) is 17.9. The molecule has 0 amide bonds. The first-order valence-electron chi connectivity index (χ1n) is 13.6. The van der Waals surface area contributed by atoms with Gasteiger partial charge in [-0.1, -0.05) is 38.5 Å². The van der Waals surface area contributed by atoms with Crippen molar-refractivity contribution in [3.05, 3.63) is 35.9 Å². The molecule has 0 unspecified atom stereocenters. The Bertz CT molecular complexity index is 829. The SMILES string of the molecule is CCC[C@@H](C[C@H](C[C@H](C)C[C@@H]1CC2(C[C@H](CC(=O)OC)O1)SCCCS2)OC)OC(=O)c1ccccc1. The second-order valence-electron chi connectivity index (χ2n) is 10.4. The molecule has 0 saturated carbocycles. The van der Waals surface area contributed by atoms with Crippen LogP contribution in [-0.4, -0.2) is 66.2 Å². The van der Waals surface area contributed by atoms with Crippen molar-refractivity contribution in [1.82, 2.24) is 0 Å². The first kappa shape index (κ1) is 30.3. The molecule has 2 aliphatic heterocycles. The van der Waals surface area contributed by atoms with Gasteiger partial charge in [-0.05, 0) is 68.1 Å². The van der Waals surface area contributed by atoms with Gasteiger partial charge in [0.15, 0.2) is 0 Å². The van der Waals surface area contributed by atoms with Crippen LogP contribution in [-0.2, 0) is 23.7 Å². The number of thioether (sulfide) groups is 2. The van der Waals surface area contributed by atoms with Gasteiger partial charge in [0.2, 0.25) is 0 Å². The lowest BCUT2D eigenvalue weighted by atomic mass is 9.90. The van der Waals surface area contributed by atoms with Crippen LogP contribution >= 0.6 is 23.5 Å². The van der Waals surface area contributed by atoms with E-state index < -0.39 is 0 Å². The summed E-state index contributed by atoms with van der Waals surface area (Å²) in [5, 5.41) is 0. The van der Waals surface area contributed by atoms with E-state index in [2.05, 4.69) is 13.8 Å². The van der Waals surface area contributed by atoms with Crippen LogP contribution in [0.1, 0.15) is 82.0 Å². The van der Waals surface area contributed by atoms with Crippen LogP contribution < -0.4 is 0 Å². The van der Waals surface area contributed by atoms with E-state index in [1.807, 2.05) is 41.7 Å². The van der Waals surface area contributed by atoms with Crippen molar-refractivity contribution < 1.29 is 28.5 Å². The van der Waals surface area contributed by atoms with Crippen molar-refractivity contribution in [2.24, 2.45) is 5.92 Å². The van der Waals surface area contributed by atoms with E-state index in [-0.39, 0.29) is 40.4 Å². The quantitative estimate of drug-likeness (QED) is 0.257. The Balaban J connectivity index is 1.57. The molecule has 37 heavy (non-hydrogen) atoms. The van der Waals surface area contributed by atoms with Crippen molar-refractivity contribution in [1.29, 1.82) is 0 Å². The summed E-state index contributed by atoms with van der Waals surface area (Å²) in [7, 11) is 3.19. The topological polar surface area (TPSA) is 71.1 Å². The fraction of sp³-hybridized carbons (Fsp3) is 0.724. The maximum atomic E-state index is 12.6. The Hall–Kier alpha value is -1.22. The molecule has 0 radical (unpaired) electrons. The molecular formula is C29H44O6S2. The number of hydrogen-bond donors (Lipinski definition) is 0. The molecular weight excluding hydrogens is 508 g/mol. The normalized spacial score (nSPS) is 23.7. The summed E-state index contributed by atoms with van der Waals surface area (Å²) in [6.07, 6.45) is 7.51. The summed E-state index contributed by atoms with van der Waals surface area (Å²) in [6.45, 7) is 4.36. The molecule has 208 valence electrons. The average molecular weight is 553 g/mol. The number of carbonyl (C=O) groups is 2. The van der Waals surface area contributed by atoms with E-state index in [4.69, 9.17) is 18.9 Å². The highest BCUT2D eigenvalue weighted by Crippen LogP contribution is 2.52. The van der Waals surface area contributed by atoms with Gasteiger partial charge in [0.1, 0.15) is 6.10 Å². The number of benzene rings is 1. The molecule has 2 heterocycles. The predicted molar refractivity (Wildman–Crippen MR) is 151 cm³/mol. The molecule has 1 spiro atoms. The Labute approximate surface area is 231 Å². The zero-order valence-corrected chi connectivity index (χ0v) is 24.5. The van der Waals surface area contributed by atoms with E-state index in [1.165, 1.54) is 25.0 Å². The summed E-state index contributed by atoms with van der Waals surface area (Å²) >= 11 is 4.10. The lowest BCUT2D eigenvalue weighted by Crippen LogP contribution is -2.44. The van der Waals surface area contributed by atoms with Crippen molar-refractivity contribution in [3.63, 3.8) is 0 Å². The van der Waals surface area contributed by atoms with E-state index >= 15 is 0 Å². The minimum atomic E-state index is -0.276. The van der Waals surface area contributed by atoms with Gasteiger partial charge in [-0.2, -0.15) is 0 Å². The maximum Gasteiger partial charge on any atom is 0.338 e. The highest BCUT2D eigenvalue weighted by Gasteiger charge is 2.44. The Morgan fingerprint density at radius 1 is 1.05 bits per heavy atom. The number of ether oxygens (including phenoxy) is 4. The number of methoxy groups -OCH3 is 2. The van der Waals surface area contributed by atoms with Gasteiger partial charge >= 0.3 is 11.9 Å². The first-order valence-corrected chi connectivity index (χ1v) is 15.6. The largest absolute Gasteiger partial charge is 0.469 e. The third-order valence-electron chi connectivity index (χ3n) is 7.19. The Kier molecular flexibility index (Phi) is 12.6. The molecule has 2 aliphatic rings. The highest BCUT2D eigenvalue weighted by molar-refractivity contribution is 8.18. The second-order valence-corrected chi connectivity index (χ2v) is 13.6. The van der Waals surface area contributed by atoms with Crippen LogP contribution in [0.5, 0.6) is 0 Å². The minimum Gasteiger partial charge on any atom is -0.469 e. The fourth-order valence-electron chi connectivity index (χ4n) is 5.44. The zero-order valence-electron chi connectivity index (χ0n) is 22.8. The Morgan fingerprint density at radius 3 is 2.41 bits per heavy atom. The predicted octanol–water partition coefficient (Wildman–Crippen LogP) is 6.51. The maximum absolute atomic E-state index is 12.6. The number of esters is 2. The molecule has 0 bridgehead atoms. The van der Waals surface area contributed by atoms with Crippen LogP contribution in [0.25, 0.3) is 0 Å². The highest BCUT2D eigenvalue weighted by atomic mass is 32.2. The summed E-state index contributed by atoms with van der Waals surface area (Å²) in [6, 6.07) is 9.16. The molecule has 0 aliphatic carbocycles. The van der Waals surface area contributed by atoms with Crippen molar-refractivity contribution in [3.8, 4) is 0 Å². The van der Waals surface area contributed by atoms with Gasteiger partial charge in [-0.25, -0.2) is 4.79 Å². The van der Waals surface area contributed by atoms with Gasteiger partial charge < -0.3 is 18.9 Å². The average Bonchev–Trinajstić information content (AvgIpc) is 2.88. The van der Waals surface area contributed by atoms with Gasteiger partial charge in [-0.3, -0.25) is 4.79 Å². The third-order valence-corrected chi connectivity index (χ3v) is 10.6. The van der Waals surface area contributed by atoms with Crippen molar-refractivity contribution >= 4 is 35.5 Å². The van der Waals surface area contributed by atoms with Crippen molar-refractivity contribution in [2.45, 2.75) is 100 Å².